The van der Waals surface area contributed by atoms with Gasteiger partial charge in [-0.3, -0.25) is 19.4 Å². The first kappa shape index (κ1) is 20.6. The van der Waals surface area contributed by atoms with Gasteiger partial charge in [0.1, 0.15) is 17.5 Å². The summed E-state index contributed by atoms with van der Waals surface area (Å²) >= 11 is 0. The summed E-state index contributed by atoms with van der Waals surface area (Å²) in [5.41, 5.74) is 6.59. The summed E-state index contributed by atoms with van der Waals surface area (Å²) in [5, 5.41) is 8.90. The first-order valence-electron chi connectivity index (χ1n) is 10.3. The van der Waals surface area contributed by atoms with E-state index in [4.69, 9.17) is 10.2 Å². The molecule has 1 aromatic heterocycles. The molecule has 2 aliphatic heterocycles. The molecule has 2 aliphatic rings. The lowest BCUT2D eigenvalue weighted by molar-refractivity contribution is -0.125. The number of carbonyl (C=O) groups excluding carboxylic acids is 3. The highest BCUT2D eigenvalue weighted by atomic mass is 16.3. The van der Waals surface area contributed by atoms with E-state index in [9.17, 15) is 14.4 Å². The predicted molar refractivity (Wildman–Crippen MR) is 114 cm³/mol. The van der Waals surface area contributed by atoms with E-state index in [1.165, 1.54) is 5.01 Å². The minimum absolute atomic E-state index is 0.0355. The van der Waals surface area contributed by atoms with Crippen LogP contribution >= 0.6 is 0 Å². The topological polar surface area (TPSA) is 121 Å². The molecule has 162 valence electrons. The lowest BCUT2D eigenvalue weighted by atomic mass is 10.0. The van der Waals surface area contributed by atoms with Gasteiger partial charge in [0.2, 0.25) is 5.91 Å². The average Bonchev–Trinajstić information content (AvgIpc) is 3.41. The highest BCUT2D eigenvalue weighted by molar-refractivity contribution is 6.40. The van der Waals surface area contributed by atoms with Gasteiger partial charge < -0.3 is 20.4 Å². The van der Waals surface area contributed by atoms with E-state index >= 15 is 0 Å². The standard InChI is InChI=1S/C22H25N5O4/c1-14-7-8-19(31-14)21(29)24-15-9-11-26(12-10-15)22(30)17-13-18(20(23)28)27(25-17)16-5-3-2-4-6-16/h2-8,15,18H,9-13H2,1H3,(H2,23,28)(H,24,29). The summed E-state index contributed by atoms with van der Waals surface area (Å²) in [6.07, 6.45) is 1.44. The van der Waals surface area contributed by atoms with Gasteiger partial charge in [-0.2, -0.15) is 5.10 Å². The van der Waals surface area contributed by atoms with Crippen molar-refractivity contribution in [1.82, 2.24) is 10.2 Å². The van der Waals surface area contributed by atoms with Crippen molar-refractivity contribution >= 4 is 29.1 Å². The molecule has 0 radical (unpaired) electrons. The lowest BCUT2D eigenvalue weighted by Crippen LogP contribution is -2.48. The number of hydrogen-bond acceptors (Lipinski definition) is 6. The Kier molecular flexibility index (Phi) is 5.75. The number of primary amides is 1. The molecule has 9 heteroatoms. The van der Waals surface area contributed by atoms with Crippen molar-refractivity contribution in [2.75, 3.05) is 18.1 Å². The highest BCUT2D eigenvalue weighted by Crippen LogP contribution is 2.25. The number of amides is 3. The van der Waals surface area contributed by atoms with E-state index in [0.717, 1.165) is 0 Å². The largest absolute Gasteiger partial charge is 0.456 e. The van der Waals surface area contributed by atoms with Gasteiger partial charge in [-0.15, -0.1) is 0 Å². The summed E-state index contributed by atoms with van der Waals surface area (Å²) in [7, 11) is 0. The molecule has 3 heterocycles. The second kappa shape index (κ2) is 8.63. The lowest BCUT2D eigenvalue weighted by Gasteiger charge is -2.32. The van der Waals surface area contributed by atoms with Crippen LogP contribution in [-0.4, -0.2) is 53.5 Å². The SMILES string of the molecule is Cc1ccc(C(=O)NC2CCN(C(=O)C3=NN(c4ccccc4)C(C(N)=O)C3)CC2)o1. The van der Waals surface area contributed by atoms with Crippen LogP contribution in [0.5, 0.6) is 0 Å². The van der Waals surface area contributed by atoms with E-state index in [1.54, 1.807) is 24.0 Å². The summed E-state index contributed by atoms with van der Waals surface area (Å²) in [6, 6.07) is 11.9. The molecule has 31 heavy (non-hydrogen) atoms. The van der Waals surface area contributed by atoms with Crippen molar-refractivity contribution in [2.24, 2.45) is 10.8 Å². The molecule has 0 aliphatic carbocycles. The van der Waals surface area contributed by atoms with Gasteiger partial charge in [0.15, 0.2) is 5.76 Å². The van der Waals surface area contributed by atoms with Crippen LogP contribution in [0, 0.1) is 6.92 Å². The van der Waals surface area contributed by atoms with Crippen LogP contribution in [0.3, 0.4) is 0 Å². The molecule has 0 bridgehead atoms. The fourth-order valence-electron chi connectivity index (χ4n) is 3.90. The number of nitrogens with one attached hydrogen (secondary N) is 1. The number of para-hydroxylation sites is 1. The molecule has 1 unspecified atom stereocenters. The smallest absolute Gasteiger partial charge is 0.287 e. The normalized spacial score (nSPS) is 19.3. The van der Waals surface area contributed by atoms with Crippen molar-refractivity contribution in [1.29, 1.82) is 0 Å². The zero-order chi connectivity index (χ0) is 22.0. The fraction of sp³-hybridized carbons (Fsp3) is 0.364. The fourth-order valence-corrected chi connectivity index (χ4v) is 3.90. The Morgan fingerprint density at radius 3 is 2.42 bits per heavy atom. The van der Waals surface area contributed by atoms with E-state index in [2.05, 4.69) is 10.4 Å². The number of carbonyl (C=O) groups is 3. The van der Waals surface area contributed by atoms with Gasteiger partial charge in [0.05, 0.1) is 5.69 Å². The Hall–Kier alpha value is -3.62. The Morgan fingerprint density at radius 1 is 1.10 bits per heavy atom. The Labute approximate surface area is 179 Å². The minimum Gasteiger partial charge on any atom is -0.456 e. The number of nitrogens with two attached hydrogens (primary N) is 1. The van der Waals surface area contributed by atoms with Crippen molar-refractivity contribution in [3.63, 3.8) is 0 Å². The van der Waals surface area contributed by atoms with Crippen molar-refractivity contribution in [3.8, 4) is 0 Å². The molecule has 0 spiro atoms. The maximum atomic E-state index is 13.0. The maximum Gasteiger partial charge on any atom is 0.287 e. The minimum atomic E-state index is -0.685. The number of anilines is 1. The third-order valence-corrected chi connectivity index (χ3v) is 5.59. The number of nitrogens with zero attached hydrogens (tertiary/aromatic N) is 3. The van der Waals surface area contributed by atoms with Crippen LogP contribution in [0.2, 0.25) is 0 Å². The molecule has 0 saturated carbocycles. The summed E-state index contributed by atoms with van der Waals surface area (Å²) in [6.45, 7) is 2.77. The third-order valence-electron chi connectivity index (χ3n) is 5.59. The summed E-state index contributed by atoms with van der Waals surface area (Å²) in [5.74, 6) is -0.00141. The van der Waals surface area contributed by atoms with Gasteiger partial charge in [0, 0.05) is 25.6 Å². The first-order valence-corrected chi connectivity index (χ1v) is 10.3. The van der Waals surface area contributed by atoms with Crippen molar-refractivity contribution in [3.05, 3.63) is 54.0 Å². The monoisotopic (exact) mass is 423 g/mol. The summed E-state index contributed by atoms with van der Waals surface area (Å²) < 4.78 is 5.35. The van der Waals surface area contributed by atoms with Gasteiger partial charge in [-0.1, -0.05) is 18.2 Å². The van der Waals surface area contributed by atoms with Gasteiger partial charge in [-0.05, 0) is 44.0 Å². The Balaban J connectivity index is 1.37. The van der Waals surface area contributed by atoms with Crippen LogP contribution in [0.4, 0.5) is 5.69 Å². The van der Waals surface area contributed by atoms with E-state index in [-0.39, 0.29) is 30.0 Å². The van der Waals surface area contributed by atoms with Gasteiger partial charge >= 0.3 is 0 Å². The predicted octanol–water partition coefficient (Wildman–Crippen LogP) is 1.43. The molecule has 1 saturated heterocycles. The van der Waals surface area contributed by atoms with Crippen LogP contribution in [0.25, 0.3) is 0 Å². The molecular formula is C22H25N5O4. The van der Waals surface area contributed by atoms with E-state index < -0.39 is 11.9 Å². The van der Waals surface area contributed by atoms with Crippen LogP contribution in [0.15, 0.2) is 52.0 Å². The second-order valence-corrected chi connectivity index (χ2v) is 7.80. The van der Waals surface area contributed by atoms with Crippen LogP contribution in [-0.2, 0) is 9.59 Å². The molecule has 1 atom stereocenters. The molecule has 3 amide bonds. The van der Waals surface area contributed by atoms with Crippen molar-refractivity contribution in [2.45, 2.75) is 38.3 Å². The highest BCUT2D eigenvalue weighted by Gasteiger charge is 2.37. The summed E-state index contributed by atoms with van der Waals surface area (Å²) in [4.78, 5) is 38.9. The zero-order valence-electron chi connectivity index (χ0n) is 17.3. The van der Waals surface area contributed by atoms with Crippen molar-refractivity contribution < 1.29 is 18.8 Å². The maximum absolute atomic E-state index is 13.0. The number of rotatable bonds is 5. The molecule has 3 N–H and O–H groups in total. The number of furan rings is 1. The van der Waals surface area contributed by atoms with E-state index in [0.29, 0.717) is 43.1 Å². The van der Waals surface area contributed by atoms with Crippen LogP contribution < -0.4 is 16.1 Å². The number of hydrazone groups is 1. The molecule has 1 fully saturated rings. The number of hydrogen-bond donors (Lipinski definition) is 2. The van der Waals surface area contributed by atoms with Gasteiger partial charge in [-0.25, -0.2) is 0 Å². The second-order valence-electron chi connectivity index (χ2n) is 7.80. The quantitative estimate of drug-likeness (QED) is 0.754. The number of aryl methyl sites for hydroxylation is 1. The number of benzene rings is 1. The number of likely N-dealkylation sites (tertiary alicyclic amines) is 1. The molecular weight excluding hydrogens is 398 g/mol. The van der Waals surface area contributed by atoms with E-state index in [1.807, 2.05) is 30.3 Å². The third kappa shape index (κ3) is 4.45. The van der Waals surface area contributed by atoms with Gasteiger partial charge in [0.25, 0.3) is 11.8 Å². The Bertz CT molecular complexity index is 1010. The Morgan fingerprint density at radius 2 is 1.81 bits per heavy atom. The zero-order valence-corrected chi connectivity index (χ0v) is 17.3. The number of piperidine rings is 1. The molecule has 1 aromatic carbocycles. The molecule has 4 rings (SSSR count). The molecule has 2 aromatic rings. The molecule has 9 nitrogen and oxygen atoms in total. The first-order chi connectivity index (χ1) is 14.9. The van der Waals surface area contributed by atoms with Crippen LogP contribution in [0.1, 0.15) is 35.6 Å². The average molecular weight is 423 g/mol.